The molecule has 1 N–H and O–H groups in total. The van der Waals surface area contributed by atoms with Crippen molar-refractivity contribution in [2.24, 2.45) is 7.05 Å². The zero-order valence-electron chi connectivity index (χ0n) is 12.5. The highest BCUT2D eigenvalue weighted by molar-refractivity contribution is 5.55. The van der Waals surface area contributed by atoms with Gasteiger partial charge >= 0.3 is 6.18 Å². The van der Waals surface area contributed by atoms with Gasteiger partial charge in [-0.15, -0.1) is 0 Å². The summed E-state index contributed by atoms with van der Waals surface area (Å²) < 4.78 is 40.4. The number of benzene rings is 1. The monoisotopic (exact) mass is 328 g/mol. The predicted molar refractivity (Wildman–Crippen MR) is 78.0 cm³/mol. The quantitative estimate of drug-likeness (QED) is 0.673. The van der Waals surface area contributed by atoms with Gasteiger partial charge in [-0.1, -0.05) is 6.92 Å². The van der Waals surface area contributed by atoms with Crippen molar-refractivity contribution < 1.29 is 18.1 Å². The lowest BCUT2D eigenvalue weighted by Gasteiger charge is -2.11. The third-order valence-electron chi connectivity index (χ3n) is 3.31. The molecule has 0 aliphatic rings. The van der Waals surface area contributed by atoms with Crippen molar-refractivity contribution in [1.82, 2.24) is 9.78 Å². The van der Waals surface area contributed by atoms with Crippen molar-refractivity contribution in [2.75, 3.05) is 5.32 Å². The molecule has 1 aromatic heterocycles. The molecule has 0 atom stereocenters. The standard InChI is InChI=1S/C14H15F3N4O2/c1-3-12-9(8-20(2)19-12)7-18-10-4-5-13(21(22)23)11(6-10)14(15,16)17/h4-6,8,18H,3,7H2,1-2H3. The molecule has 9 heteroatoms. The fourth-order valence-electron chi connectivity index (χ4n) is 2.26. The number of nitro benzene ring substituents is 1. The molecule has 0 spiro atoms. The fraction of sp³-hybridized carbons (Fsp3) is 0.357. The molecule has 0 saturated carbocycles. The number of anilines is 1. The van der Waals surface area contributed by atoms with E-state index in [2.05, 4.69) is 10.4 Å². The largest absolute Gasteiger partial charge is 0.423 e. The molecular formula is C14H15F3N4O2. The van der Waals surface area contributed by atoms with Gasteiger partial charge in [-0.05, 0) is 18.6 Å². The Morgan fingerprint density at radius 2 is 2.09 bits per heavy atom. The van der Waals surface area contributed by atoms with Gasteiger partial charge in [0.25, 0.3) is 5.69 Å². The van der Waals surface area contributed by atoms with Crippen molar-refractivity contribution in [3.8, 4) is 0 Å². The van der Waals surface area contributed by atoms with Crippen molar-refractivity contribution in [2.45, 2.75) is 26.1 Å². The Hall–Kier alpha value is -2.58. The Morgan fingerprint density at radius 3 is 2.65 bits per heavy atom. The molecule has 124 valence electrons. The SMILES string of the molecule is CCc1nn(C)cc1CNc1ccc([N+](=O)[O-])c(C(F)(F)F)c1. The maximum Gasteiger partial charge on any atom is 0.423 e. The normalized spacial score (nSPS) is 11.5. The summed E-state index contributed by atoms with van der Waals surface area (Å²) in [5.41, 5.74) is -0.359. The van der Waals surface area contributed by atoms with Crippen LogP contribution in [0.15, 0.2) is 24.4 Å². The number of nitro groups is 1. The number of rotatable bonds is 5. The van der Waals surface area contributed by atoms with Crippen LogP contribution in [0, 0.1) is 10.1 Å². The molecule has 1 heterocycles. The van der Waals surface area contributed by atoms with Gasteiger partial charge in [0.15, 0.2) is 0 Å². The molecule has 0 bridgehead atoms. The number of nitrogens with zero attached hydrogens (tertiary/aromatic N) is 3. The van der Waals surface area contributed by atoms with E-state index < -0.39 is 22.4 Å². The first kappa shape index (κ1) is 16.8. The van der Waals surface area contributed by atoms with Crippen molar-refractivity contribution >= 4 is 11.4 Å². The van der Waals surface area contributed by atoms with Crippen LogP contribution in [-0.4, -0.2) is 14.7 Å². The van der Waals surface area contributed by atoms with Gasteiger partial charge in [0.1, 0.15) is 5.56 Å². The Morgan fingerprint density at radius 1 is 1.39 bits per heavy atom. The van der Waals surface area contributed by atoms with E-state index in [9.17, 15) is 23.3 Å². The molecule has 0 saturated heterocycles. The van der Waals surface area contributed by atoms with Gasteiger partial charge < -0.3 is 5.32 Å². The average Bonchev–Trinajstić information content (AvgIpc) is 2.84. The van der Waals surface area contributed by atoms with E-state index in [4.69, 9.17) is 0 Å². The molecule has 1 aromatic carbocycles. The second-order valence-corrected chi connectivity index (χ2v) is 4.97. The second kappa shape index (κ2) is 6.27. The number of nitrogens with one attached hydrogen (secondary N) is 1. The first-order valence-corrected chi connectivity index (χ1v) is 6.83. The summed E-state index contributed by atoms with van der Waals surface area (Å²) in [6.45, 7) is 2.21. The minimum Gasteiger partial charge on any atom is -0.381 e. The van der Waals surface area contributed by atoms with Crippen LogP contribution in [0.3, 0.4) is 0 Å². The number of aryl methyl sites for hydroxylation is 2. The fourth-order valence-corrected chi connectivity index (χ4v) is 2.26. The second-order valence-electron chi connectivity index (χ2n) is 4.97. The van der Waals surface area contributed by atoms with Gasteiger partial charge in [-0.3, -0.25) is 14.8 Å². The van der Waals surface area contributed by atoms with Crippen molar-refractivity contribution in [3.63, 3.8) is 0 Å². The van der Waals surface area contributed by atoms with E-state index in [0.717, 1.165) is 23.4 Å². The predicted octanol–water partition coefficient (Wildman–Crippen LogP) is 3.52. The summed E-state index contributed by atoms with van der Waals surface area (Å²) in [5.74, 6) is 0. The summed E-state index contributed by atoms with van der Waals surface area (Å²) in [6, 6.07) is 2.87. The zero-order chi connectivity index (χ0) is 17.2. The van der Waals surface area contributed by atoms with E-state index in [-0.39, 0.29) is 12.2 Å². The highest BCUT2D eigenvalue weighted by Gasteiger charge is 2.38. The lowest BCUT2D eigenvalue weighted by Crippen LogP contribution is -2.10. The Balaban J connectivity index is 2.25. The van der Waals surface area contributed by atoms with Crippen molar-refractivity contribution in [1.29, 1.82) is 0 Å². The molecule has 0 unspecified atom stereocenters. The van der Waals surface area contributed by atoms with Gasteiger partial charge in [0.2, 0.25) is 0 Å². The van der Waals surface area contributed by atoms with Crippen LogP contribution in [0.25, 0.3) is 0 Å². The highest BCUT2D eigenvalue weighted by atomic mass is 19.4. The van der Waals surface area contributed by atoms with Gasteiger partial charge in [-0.2, -0.15) is 18.3 Å². The maximum absolute atomic E-state index is 12.9. The topological polar surface area (TPSA) is 73.0 Å². The van der Waals surface area contributed by atoms with E-state index >= 15 is 0 Å². The van der Waals surface area contributed by atoms with Gasteiger partial charge in [-0.25, -0.2) is 0 Å². The Kier molecular flexibility index (Phi) is 4.57. The molecule has 23 heavy (non-hydrogen) atoms. The first-order chi connectivity index (χ1) is 10.7. The number of aromatic nitrogens is 2. The molecule has 0 aliphatic carbocycles. The first-order valence-electron chi connectivity index (χ1n) is 6.83. The van der Waals surface area contributed by atoms with Crippen LogP contribution in [0.1, 0.15) is 23.7 Å². The van der Waals surface area contributed by atoms with Crippen LogP contribution in [-0.2, 0) is 26.2 Å². The number of hydrogen-bond donors (Lipinski definition) is 1. The Labute approximate surface area is 130 Å². The molecule has 6 nitrogen and oxygen atoms in total. The van der Waals surface area contributed by atoms with Crippen molar-refractivity contribution in [3.05, 3.63) is 51.3 Å². The summed E-state index contributed by atoms with van der Waals surface area (Å²) >= 11 is 0. The molecule has 0 radical (unpaired) electrons. The van der Waals surface area contributed by atoms with Crippen LogP contribution in [0.4, 0.5) is 24.5 Å². The zero-order valence-corrected chi connectivity index (χ0v) is 12.5. The third-order valence-corrected chi connectivity index (χ3v) is 3.31. The molecule has 0 amide bonds. The minimum atomic E-state index is -4.79. The molecular weight excluding hydrogens is 313 g/mol. The number of hydrogen-bond acceptors (Lipinski definition) is 4. The van der Waals surface area contributed by atoms with Crippen LogP contribution in [0.5, 0.6) is 0 Å². The summed E-state index contributed by atoms with van der Waals surface area (Å²) in [5, 5.41) is 17.8. The molecule has 0 fully saturated rings. The summed E-state index contributed by atoms with van der Waals surface area (Å²) in [7, 11) is 1.76. The number of alkyl halides is 3. The summed E-state index contributed by atoms with van der Waals surface area (Å²) in [4.78, 5) is 9.68. The smallest absolute Gasteiger partial charge is 0.381 e. The van der Waals surface area contributed by atoms with Crippen LogP contribution < -0.4 is 5.32 Å². The lowest BCUT2D eigenvalue weighted by atomic mass is 10.1. The van der Waals surface area contributed by atoms with Crippen LogP contribution >= 0.6 is 0 Å². The number of halogens is 3. The molecule has 2 rings (SSSR count). The van der Waals surface area contributed by atoms with E-state index in [1.807, 2.05) is 6.92 Å². The van der Waals surface area contributed by atoms with Crippen LogP contribution in [0.2, 0.25) is 0 Å². The van der Waals surface area contributed by atoms with E-state index in [0.29, 0.717) is 6.42 Å². The minimum absolute atomic E-state index is 0.161. The maximum atomic E-state index is 12.9. The average molecular weight is 328 g/mol. The van der Waals surface area contributed by atoms with E-state index in [1.165, 1.54) is 6.07 Å². The third kappa shape index (κ3) is 3.79. The van der Waals surface area contributed by atoms with Gasteiger partial charge in [0.05, 0.1) is 10.6 Å². The molecule has 0 aliphatic heterocycles. The summed E-state index contributed by atoms with van der Waals surface area (Å²) in [6.07, 6.45) is -2.31. The molecule has 2 aromatic rings. The van der Waals surface area contributed by atoms with Gasteiger partial charge in [0, 0.05) is 37.1 Å². The lowest BCUT2D eigenvalue weighted by molar-refractivity contribution is -0.388. The Bertz CT molecular complexity index is 725. The highest BCUT2D eigenvalue weighted by Crippen LogP contribution is 2.37. The van der Waals surface area contributed by atoms with E-state index in [1.54, 1.807) is 17.9 Å².